The Morgan fingerprint density at radius 3 is 2.52 bits per heavy atom. The lowest BCUT2D eigenvalue weighted by molar-refractivity contribution is 0.104. The Hall–Kier alpha value is -2.78. The zero-order chi connectivity index (χ0) is 22.4. The van der Waals surface area contributed by atoms with Crippen molar-refractivity contribution in [2.24, 2.45) is 0 Å². The van der Waals surface area contributed by atoms with Crippen molar-refractivity contribution in [3.8, 4) is 17.6 Å². The van der Waals surface area contributed by atoms with Gasteiger partial charge in [-0.05, 0) is 51.8 Å². The summed E-state index contributed by atoms with van der Waals surface area (Å²) in [7, 11) is 1.51. The Bertz CT molecular complexity index is 1190. The SMILES string of the molecule is COc1cc(/C=C(\C#N)C(=O)c2ccccc2)cc(Br)c1OCc1ccc(Cl)cc1Cl. The fourth-order valence-electron chi connectivity index (χ4n) is 2.81. The second-order valence-electron chi connectivity index (χ2n) is 6.42. The van der Waals surface area contributed by atoms with Crippen LogP contribution in [0.3, 0.4) is 0 Å². The molecular formula is C24H16BrCl2NO3. The number of ketones is 1. The number of benzene rings is 3. The molecule has 31 heavy (non-hydrogen) atoms. The molecule has 0 radical (unpaired) electrons. The third-order valence-corrected chi connectivity index (χ3v) is 5.53. The van der Waals surface area contributed by atoms with Crippen LogP contribution in [0, 0.1) is 11.3 Å². The van der Waals surface area contributed by atoms with Gasteiger partial charge in [-0.3, -0.25) is 4.79 Å². The van der Waals surface area contributed by atoms with Crippen molar-refractivity contribution >= 4 is 51.0 Å². The van der Waals surface area contributed by atoms with E-state index in [9.17, 15) is 10.1 Å². The highest BCUT2D eigenvalue weighted by atomic mass is 79.9. The molecule has 0 aliphatic carbocycles. The molecule has 0 aliphatic heterocycles. The first-order valence-corrected chi connectivity index (χ1v) is 10.6. The van der Waals surface area contributed by atoms with E-state index in [1.807, 2.05) is 12.1 Å². The lowest BCUT2D eigenvalue weighted by atomic mass is 10.0. The van der Waals surface area contributed by atoms with Gasteiger partial charge in [-0.15, -0.1) is 0 Å². The molecule has 0 saturated heterocycles. The summed E-state index contributed by atoms with van der Waals surface area (Å²) in [5.74, 6) is 0.560. The second kappa shape index (κ2) is 10.5. The van der Waals surface area contributed by atoms with Crippen molar-refractivity contribution in [1.29, 1.82) is 5.26 Å². The van der Waals surface area contributed by atoms with E-state index in [-0.39, 0.29) is 18.0 Å². The minimum Gasteiger partial charge on any atom is -0.493 e. The molecule has 3 aromatic carbocycles. The maximum absolute atomic E-state index is 12.6. The quantitative estimate of drug-likeness (QED) is 0.190. The molecule has 7 heteroatoms. The zero-order valence-electron chi connectivity index (χ0n) is 16.4. The monoisotopic (exact) mass is 515 g/mol. The van der Waals surface area contributed by atoms with Gasteiger partial charge >= 0.3 is 0 Å². The molecule has 0 aromatic heterocycles. The van der Waals surface area contributed by atoms with Crippen molar-refractivity contribution < 1.29 is 14.3 Å². The molecule has 4 nitrogen and oxygen atoms in total. The lowest BCUT2D eigenvalue weighted by Crippen LogP contribution is -2.02. The van der Waals surface area contributed by atoms with E-state index < -0.39 is 0 Å². The van der Waals surface area contributed by atoms with Gasteiger partial charge in [-0.2, -0.15) is 5.26 Å². The first kappa shape index (κ1) is 22.9. The number of nitriles is 1. The van der Waals surface area contributed by atoms with E-state index in [0.29, 0.717) is 37.1 Å². The van der Waals surface area contributed by atoms with Crippen molar-refractivity contribution in [2.45, 2.75) is 6.61 Å². The topological polar surface area (TPSA) is 59.3 Å². The van der Waals surface area contributed by atoms with Crippen LogP contribution in [0.1, 0.15) is 21.5 Å². The number of hydrogen-bond donors (Lipinski definition) is 0. The van der Waals surface area contributed by atoms with E-state index >= 15 is 0 Å². The molecule has 0 saturated carbocycles. The fraction of sp³-hybridized carbons (Fsp3) is 0.0833. The van der Waals surface area contributed by atoms with Gasteiger partial charge in [-0.1, -0.05) is 59.6 Å². The molecule has 0 aliphatic rings. The first-order valence-electron chi connectivity index (χ1n) is 9.08. The third kappa shape index (κ3) is 5.68. The van der Waals surface area contributed by atoms with E-state index in [2.05, 4.69) is 15.9 Å². The lowest BCUT2D eigenvalue weighted by Gasteiger charge is -2.14. The normalized spacial score (nSPS) is 11.0. The Balaban J connectivity index is 1.88. The summed E-state index contributed by atoms with van der Waals surface area (Å²) >= 11 is 15.6. The van der Waals surface area contributed by atoms with Gasteiger partial charge in [0.1, 0.15) is 18.2 Å². The van der Waals surface area contributed by atoms with Gasteiger partial charge in [0.15, 0.2) is 11.5 Å². The van der Waals surface area contributed by atoms with Gasteiger partial charge in [0.05, 0.1) is 11.6 Å². The molecule has 0 fully saturated rings. The zero-order valence-corrected chi connectivity index (χ0v) is 19.5. The van der Waals surface area contributed by atoms with Crippen LogP contribution in [0.2, 0.25) is 10.0 Å². The van der Waals surface area contributed by atoms with Crippen LogP contribution >= 0.6 is 39.1 Å². The van der Waals surface area contributed by atoms with E-state index in [4.69, 9.17) is 32.7 Å². The number of hydrogen-bond acceptors (Lipinski definition) is 4. The van der Waals surface area contributed by atoms with Crippen LogP contribution in [-0.2, 0) is 6.61 Å². The van der Waals surface area contributed by atoms with Crippen LogP contribution in [0.5, 0.6) is 11.5 Å². The van der Waals surface area contributed by atoms with Gasteiger partial charge < -0.3 is 9.47 Å². The van der Waals surface area contributed by atoms with Crippen molar-refractivity contribution in [2.75, 3.05) is 7.11 Å². The van der Waals surface area contributed by atoms with Crippen molar-refractivity contribution in [3.63, 3.8) is 0 Å². The second-order valence-corrected chi connectivity index (χ2v) is 8.12. The van der Waals surface area contributed by atoms with Gasteiger partial charge in [0.2, 0.25) is 5.78 Å². The minimum absolute atomic E-state index is 0.0155. The highest BCUT2D eigenvalue weighted by Gasteiger charge is 2.15. The summed E-state index contributed by atoms with van der Waals surface area (Å²) in [5.41, 5.74) is 1.84. The standard InChI is InChI=1S/C24H16BrCl2NO3/c1-30-22-11-15(9-18(13-28)23(29)16-5-3-2-4-6-16)10-20(25)24(22)31-14-17-7-8-19(26)12-21(17)27/h2-12H,14H2,1H3/b18-9+. The number of carbonyl (C=O) groups is 1. The number of methoxy groups -OCH3 is 1. The molecule has 0 N–H and O–H groups in total. The third-order valence-electron chi connectivity index (χ3n) is 4.35. The van der Waals surface area contributed by atoms with Gasteiger partial charge in [-0.25, -0.2) is 0 Å². The number of halogens is 3. The molecule has 0 unspecified atom stereocenters. The number of ether oxygens (including phenoxy) is 2. The molecule has 0 heterocycles. The Morgan fingerprint density at radius 2 is 1.87 bits per heavy atom. The number of allylic oxidation sites excluding steroid dienone is 1. The van der Waals surface area contributed by atoms with Crippen LogP contribution in [0.25, 0.3) is 6.08 Å². The summed E-state index contributed by atoms with van der Waals surface area (Å²) < 4.78 is 12.0. The molecule has 3 rings (SSSR count). The molecular weight excluding hydrogens is 501 g/mol. The molecule has 0 atom stereocenters. The Labute approximate surface area is 198 Å². The summed E-state index contributed by atoms with van der Waals surface area (Å²) in [6, 6.07) is 19.2. The number of nitrogens with zero attached hydrogens (tertiary/aromatic N) is 1. The smallest absolute Gasteiger partial charge is 0.203 e. The summed E-state index contributed by atoms with van der Waals surface area (Å²) in [6.45, 7) is 0.204. The summed E-state index contributed by atoms with van der Waals surface area (Å²) in [6.07, 6.45) is 1.52. The predicted molar refractivity (Wildman–Crippen MR) is 126 cm³/mol. The fourth-order valence-corrected chi connectivity index (χ4v) is 3.85. The van der Waals surface area contributed by atoms with Crippen LogP contribution in [0.15, 0.2) is 70.7 Å². The summed E-state index contributed by atoms with van der Waals surface area (Å²) in [4.78, 5) is 12.6. The van der Waals surface area contributed by atoms with Crippen LogP contribution < -0.4 is 9.47 Å². The Morgan fingerprint density at radius 1 is 1.13 bits per heavy atom. The predicted octanol–water partition coefficient (Wildman–Crippen LogP) is 7.13. The Kier molecular flexibility index (Phi) is 7.75. The molecule has 156 valence electrons. The number of carbonyl (C=O) groups excluding carboxylic acids is 1. The highest BCUT2D eigenvalue weighted by Crippen LogP contribution is 2.38. The van der Waals surface area contributed by atoms with Crippen molar-refractivity contribution in [1.82, 2.24) is 0 Å². The van der Waals surface area contributed by atoms with Crippen molar-refractivity contribution in [3.05, 3.63) is 97.4 Å². The molecule has 0 amide bonds. The molecule has 3 aromatic rings. The van der Waals surface area contributed by atoms with Gasteiger partial charge in [0.25, 0.3) is 0 Å². The van der Waals surface area contributed by atoms with Crippen LogP contribution in [0.4, 0.5) is 0 Å². The maximum atomic E-state index is 12.6. The van der Waals surface area contributed by atoms with E-state index in [1.54, 1.807) is 54.6 Å². The molecule has 0 spiro atoms. The highest BCUT2D eigenvalue weighted by molar-refractivity contribution is 9.10. The van der Waals surface area contributed by atoms with Crippen LogP contribution in [-0.4, -0.2) is 12.9 Å². The summed E-state index contributed by atoms with van der Waals surface area (Å²) in [5, 5.41) is 10.5. The first-order chi connectivity index (χ1) is 14.9. The maximum Gasteiger partial charge on any atom is 0.203 e. The average molecular weight is 517 g/mol. The van der Waals surface area contributed by atoms with E-state index in [0.717, 1.165) is 5.56 Å². The molecule has 0 bridgehead atoms. The average Bonchev–Trinajstić information content (AvgIpc) is 2.77. The minimum atomic E-state index is -0.351. The number of rotatable bonds is 7. The number of Topliss-reactive ketones (excluding diaryl/α,β-unsaturated/α-hetero) is 1. The largest absolute Gasteiger partial charge is 0.493 e. The van der Waals surface area contributed by atoms with E-state index in [1.165, 1.54) is 13.2 Å². The van der Waals surface area contributed by atoms with Gasteiger partial charge in [0, 0.05) is 21.2 Å².